The largest absolute Gasteiger partial charge is 0.208 e. The molecule has 0 N–H and O–H groups in total. The van der Waals surface area contributed by atoms with Crippen molar-refractivity contribution in [2.45, 2.75) is 0 Å². The molecule has 3 nitrogen and oxygen atoms in total. The Balaban J connectivity index is 1.35. The van der Waals surface area contributed by atoms with Crippen LogP contribution in [-0.2, 0) is 0 Å². The molecule has 8 aromatic rings. The van der Waals surface area contributed by atoms with Crippen LogP contribution < -0.4 is 0 Å². The highest BCUT2D eigenvalue weighted by atomic mass is 32.1. The molecule has 2 heterocycles. The van der Waals surface area contributed by atoms with Crippen molar-refractivity contribution in [3.63, 3.8) is 0 Å². The van der Waals surface area contributed by atoms with Gasteiger partial charge in [0.1, 0.15) is 0 Å². The van der Waals surface area contributed by atoms with E-state index in [9.17, 15) is 0 Å². The molecule has 0 aliphatic carbocycles. The zero-order valence-corrected chi connectivity index (χ0v) is 21.7. The number of rotatable bonds is 3. The van der Waals surface area contributed by atoms with Crippen LogP contribution >= 0.6 is 11.3 Å². The molecule has 0 atom stereocenters. The molecule has 0 saturated heterocycles. The molecular weight excluding hydrogens is 494 g/mol. The third kappa shape index (κ3) is 3.69. The van der Waals surface area contributed by atoms with Crippen LogP contribution in [0.5, 0.6) is 0 Å². The topological polar surface area (TPSA) is 38.7 Å². The van der Waals surface area contributed by atoms with E-state index in [1.165, 1.54) is 41.7 Å². The number of aromatic nitrogens is 3. The molecule has 8 rings (SSSR count). The van der Waals surface area contributed by atoms with Crippen molar-refractivity contribution in [3.05, 3.63) is 127 Å². The van der Waals surface area contributed by atoms with Crippen LogP contribution in [0.2, 0.25) is 0 Å². The van der Waals surface area contributed by atoms with Gasteiger partial charge >= 0.3 is 0 Å². The van der Waals surface area contributed by atoms with E-state index in [1.807, 2.05) is 72.0 Å². The number of fused-ring (bicyclic) bond motifs is 7. The quantitative estimate of drug-likeness (QED) is 0.220. The van der Waals surface area contributed by atoms with Crippen molar-refractivity contribution in [2.24, 2.45) is 0 Å². The lowest BCUT2D eigenvalue weighted by molar-refractivity contribution is 1.07. The van der Waals surface area contributed by atoms with Crippen molar-refractivity contribution >= 4 is 53.1 Å². The first-order valence-electron chi connectivity index (χ1n) is 13.0. The van der Waals surface area contributed by atoms with E-state index < -0.39 is 0 Å². The Morgan fingerprint density at radius 3 is 1.69 bits per heavy atom. The maximum atomic E-state index is 4.93. The first kappa shape index (κ1) is 22.1. The molecule has 0 fully saturated rings. The molecule has 0 spiro atoms. The van der Waals surface area contributed by atoms with Gasteiger partial charge in [-0.2, -0.15) is 0 Å². The van der Waals surface area contributed by atoms with Gasteiger partial charge in [0.2, 0.25) is 0 Å². The summed E-state index contributed by atoms with van der Waals surface area (Å²) in [6, 6.07) is 44.4. The molecule has 6 aromatic carbocycles. The third-order valence-corrected chi connectivity index (χ3v) is 8.50. The lowest BCUT2D eigenvalue weighted by Gasteiger charge is -2.10. The van der Waals surface area contributed by atoms with Crippen LogP contribution in [0.1, 0.15) is 0 Å². The Morgan fingerprint density at radius 1 is 0.410 bits per heavy atom. The number of hydrogen-bond donors (Lipinski definition) is 0. The summed E-state index contributed by atoms with van der Waals surface area (Å²) in [5.41, 5.74) is 2.91. The fourth-order valence-electron chi connectivity index (χ4n) is 5.41. The Kier molecular flexibility index (Phi) is 5.00. The SMILES string of the molecule is c1ccc(-c2nc(-c3ccccc3)nc(-c3ccc4c(ccc5ccc6c7ccccc7sc6c54)c3)n2)cc1. The van der Waals surface area contributed by atoms with Crippen LogP contribution in [0, 0.1) is 0 Å². The van der Waals surface area contributed by atoms with Gasteiger partial charge in [-0.25, -0.2) is 15.0 Å². The Hall–Kier alpha value is -4.93. The second kappa shape index (κ2) is 8.83. The second-order valence-corrected chi connectivity index (χ2v) is 10.7. The van der Waals surface area contributed by atoms with Gasteiger partial charge in [-0.3, -0.25) is 0 Å². The summed E-state index contributed by atoms with van der Waals surface area (Å²) in [4.78, 5) is 14.7. The lowest BCUT2D eigenvalue weighted by Crippen LogP contribution is -2.00. The van der Waals surface area contributed by atoms with Gasteiger partial charge < -0.3 is 0 Å². The molecular formula is C35H21N3S. The van der Waals surface area contributed by atoms with Gasteiger partial charge in [-0.1, -0.05) is 115 Å². The molecule has 4 heteroatoms. The maximum Gasteiger partial charge on any atom is 0.164 e. The minimum atomic E-state index is 0.671. The molecule has 0 radical (unpaired) electrons. The molecule has 0 aliphatic heterocycles. The maximum absolute atomic E-state index is 4.93. The summed E-state index contributed by atoms with van der Waals surface area (Å²) >= 11 is 1.87. The lowest BCUT2D eigenvalue weighted by atomic mass is 9.98. The summed E-state index contributed by atoms with van der Waals surface area (Å²) in [5, 5.41) is 7.62. The van der Waals surface area contributed by atoms with Crippen LogP contribution in [0.25, 0.3) is 75.9 Å². The monoisotopic (exact) mass is 515 g/mol. The van der Waals surface area contributed by atoms with E-state index in [0.717, 1.165) is 16.7 Å². The van der Waals surface area contributed by atoms with Gasteiger partial charge in [-0.15, -0.1) is 11.3 Å². The fourth-order valence-corrected chi connectivity index (χ4v) is 6.68. The highest BCUT2D eigenvalue weighted by molar-refractivity contribution is 7.26. The molecule has 0 aliphatic rings. The van der Waals surface area contributed by atoms with Gasteiger partial charge in [0.15, 0.2) is 17.5 Å². The first-order valence-corrected chi connectivity index (χ1v) is 13.8. The van der Waals surface area contributed by atoms with E-state index >= 15 is 0 Å². The van der Waals surface area contributed by atoms with Crippen molar-refractivity contribution in [3.8, 4) is 34.2 Å². The molecule has 0 amide bonds. The highest BCUT2D eigenvalue weighted by Gasteiger charge is 2.14. The average molecular weight is 516 g/mol. The summed E-state index contributed by atoms with van der Waals surface area (Å²) in [7, 11) is 0. The molecule has 2 aromatic heterocycles. The van der Waals surface area contributed by atoms with E-state index in [2.05, 4.69) is 66.7 Å². The van der Waals surface area contributed by atoms with E-state index in [4.69, 9.17) is 15.0 Å². The van der Waals surface area contributed by atoms with E-state index in [0.29, 0.717) is 17.5 Å². The zero-order valence-electron chi connectivity index (χ0n) is 20.9. The van der Waals surface area contributed by atoms with Crippen molar-refractivity contribution in [2.75, 3.05) is 0 Å². The Morgan fingerprint density at radius 2 is 0.974 bits per heavy atom. The average Bonchev–Trinajstić information content (AvgIpc) is 3.40. The van der Waals surface area contributed by atoms with Gasteiger partial charge in [0, 0.05) is 42.2 Å². The van der Waals surface area contributed by atoms with Crippen LogP contribution in [0.15, 0.2) is 127 Å². The predicted octanol–water partition coefficient (Wildman–Crippen LogP) is 9.55. The van der Waals surface area contributed by atoms with Crippen molar-refractivity contribution in [1.82, 2.24) is 15.0 Å². The molecule has 0 unspecified atom stereocenters. The summed E-state index contributed by atoms with van der Waals surface area (Å²) in [5.74, 6) is 2.01. The van der Waals surface area contributed by atoms with Crippen LogP contribution in [-0.4, -0.2) is 15.0 Å². The van der Waals surface area contributed by atoms with Gasteiger partial charge in [0.25, 0.3) is 0 Å². The standard InChI is InChI=1S/C35H21N3S/c1-3-9-23(10-4-1)33-36-34(24-11-5-2-6-12-24)38-35(37-33)26-18-19-27-25(21-26)16-15-22-17-20-29-28-13-7-8-14-30(28)39-32(29)31(22)27/h1-21H. The van der Waals surface area contributed by atoms with E-state index in [-0.39, 0.29) is 0 Å². The van der Waals surface area contributed by atoms with Gasteiger partial charge in [-0.05, 0) is 28.3 Å². The minimum Gasteiger partial charge on any atom is -0.208 e. The third-order valence-electron chi connectivity index (χ3n) is 7.30. The number of hydrogen-bond acceptors (Lipinski definition) is 4. The normalized spacial score (nSPS) is 11.6. The predicted molar refractivity (Wildman–Crippen MR) is 164 cm³/mol. The fraction of sp³-hybridized carbons (Fsp3) is 0. The summed E-state index contributed by atoms with van der Waals surface area (Å²) in [6.45, 7) is 0. The van der Waals surface area contributed by atoms with Crippen molar-refractivity contribution < 1.29 is 0 Å². The molecule has 182 valence electrons. The second-order valence-electron chi connectivity index (χ2n) is 9.68. The van der Waals surface area contributed by atoms with Gasteiger partial charge in [0.05, 0.1) is 0 Å². The Bertz CT molecular complexity index is 2110. The summed E-state index contributed by atoms with van der Waals surface area (Å²) < 4.78 is 2.66. The molecule has 0 bridgehead atoms. The highest BCUT2D eigenvalue weighted by Crippen LogP contribution is 2.41. The van der Waals surface area contributed by atoms with Crippen LogP contribution in [0.3, 0.4) is 0 Å². The van der Waals surface area contributed by atoms with Crippen LogP contribution in [0.4, 0.5) is 0 Å². The number of nitrogens with zero attached hydrogens (tertiary/aromatic N) is 3. The molecule has 39 heavy (non-hydrogen) atoms. The Labute approximate surface area is 229 Å². The van der Waals surface area contributed by atoms with Crippen molar-refractivity contribution in [1.29, 1.82) is 0 Å². The molecule has 0 saturated carbocycles. The number of benzene rings is 6. The summed E-state index contributed by atoms with van der Waals surface area (Å²) in [6.07, 6.45) is 0. The zero-order chi connectivity index (χ0) is 25.8. The minimum absolute atomic E-state index is 0.671. The first-order chi connectivity index (χ1) is 19.3. The smallest absolute Gasteiger partial charge is 0.164 e. The number of thiophene rings is 1. The van der Waals surface area contributed by atoms with E-state index in [1.54, 1.807) is 0 Å².